The number of carbonyl (C=O) groups excluding carboxylic acids is 1. The van der Waals surface area contributed by atoms with E-state index >= 15 is 0 Å². The van der Waals surface area contributed by atoms with Gasteiger partial charge < -0.3 is 24.6 Å². The lowest BCUT2D eigenvalue weighted by molar-refractivity contribution is 0.103. The Morgan fingerprint density at radius 1 is 1.30 bits per heavy atom. The maximum atomic E-state index is 11.7. The van der Waals surface area contributed by atoms with Gasteiger partial charge in [0.2, 0.25) is 0 Å². The standard InChI is InChI=1S/C18H20N4O5/c1-4-25-16-14(27-18(24)26-5-2)9-22-15(16)17(19-10-20-22)21-12-7-6-11(3)13(23)8-12/h6-10,23H,4-5H2,1-3H3,(H,19,20,21). The lowest BCUT2D eigenvalue weighted by Crippen LogP contribution is -2.10. The van der Waals surface area contributed by atoms with Crippen molar-refractivity contribution in [3.05, 3.63) is 36.3 Å². The fraction of sp³-hybridized carbons (Fsp3) is 0.278. The number of carbonyl (C=O) groups is 1. The Morgan fingerprint density at radius 3 is 2.81 bits per heavy atom. The van der Waals surface area contributed by atoms with Gasteiger partial charge in [0.25, 0.3) is 0 Å². The van der Waals surface area contributed by atoms with Crippen LogP contribution in [-0.2, 0) is 4.74 Å². The molecule has 0 amide bonds. The molecule has 3 aromatic rings. The van der Waals surface area contributed by atoms with Gasteiger partial charge in [-0.2, -0.15) is 5.10 Å². The lowest BCUT2D eigenvalue weighted by Gasteiger charge is -2.10. The van der Waals surface area contributed by atoms with Crippen LogP contribution in [0.1, 0.15) is 19.4 Å². The second-order valence-corrected chi connectivity index (χ2v) is 5.57. The van der Waals surface area contributed by atoms with Gasteiger partial charge in [-0.1, -0.05) is 6.07 Å². The summed E-state index contributed by atoms with van der Waals surface area (Å²) in [5.41, 5.74) is 1.88. The summed E-state index contributed by atoms with van der Waals surface area (Å²) in [6.45, 7) is 5.84. The molecule has 0 aliphatic heterocycles. The molecule has 0 spiro atoms. The number of rotatable bonds is 6. The number of nitrogens with one attached hydrogen (secondary N) is 1. The van der Waals surface area contributed by atoms with Gasteiger partial charge in [0.1, 0.15) is 12.1 Å². The lowest BCUT2D eigenvalue weighted by atomic mass is 10.2. The van der Waals surface area contributed by atoms with Gasteiger partial charge in [-0.15, -0.1) is 0 Å². The molecule has 0 saturated carbocycles. The Bertz CT molecular complexity index is 970. The van der Waals surface area contributed by atoms with Crippen molar-refractivity contribution in [3.63, 3.8) is 0 Å². The second-order valence-electron chi connectivity index (χ2n) is 5.57. The highest BCUT2D eigenvalue weighted by molar-refractivity contribution is 5.83. The zero-order valence-electron chi connectivity index (χ0n) is 15.2. The van der Waals surface area contributed by atoms with E-state index in [1.54, 1.807) is 26.0 Å². The van der Waals surface area contributed by atoms with E-state index in [2.05, 4.69) is 15.4 Å². The van der Waals surface area contributed by atoms with Gasteiger partial charge in [-0.05, 0) is 32.4 Å². The van der Waals surface area contributed by atoms with Gasteiger partial charge in [0.15, 0.2) is 22.8 Å². The van der Waals surface area contributed by atoms with Crippen LogP contribution in [0, 0.1) is 6.92 Å². The number of hydrogen-bond donors (Lipinski definition) is 2. The summed E-state index contributed by atoms with van der Waals surface area (Å²) < 4.78 is 17.2. The first kappa shape index (κ1) is 18.3. The third-order valence-electron chi connectivity index (χ3n) is 3.71. The van der Waals surface area contributed by atoms with Crippen molar-refractivity contribution in [2.45, 2.75) is 20.8 Å². The quantitative estimate of drug-likeness (QED) is 0.634. The topological polar surface area (TPSA) is 107 Å². The molecule has 0 unspecified atom stereocenters. The molecule has 142 valence electrons. The van der Waals surface area contributed by atoms with Gasteiger partial charge in [0.05, 0.1) is 19.4 Å². The van der Waals surface area contributed by atoms with Crippen LogP contribution < -0.4 is 14.8 Å². The molecule has 3 rings (SSSR count). The van der Waals surface area contributed by atoms with Crippen LogP contribution in [0.25, 0.3) is 5.52 Å². The first-order valence-electron chi connectivity index (χ1n) is 8.43. The van der Waals surface area contributed by atoms with E-state index in [1.165, 1.54) is 17.0 Å². The molecule has 9 nitrogen and oxygen atoms in total. The summed E-state index contributed by atoms with van der Waals surface area (Å²) in [4.78, 5) is 16.0. The predicted molar refractivity (Wildman–Crippen MR) is 97.9 cm³/mol. The van der Waals surface area contributed by atoms with E-state index in [-0.39, 0.29) is 18.1 Å². The average Bonchev–Trinajstić information content (AvgIpc) is 2.97. The molecule has 0 fully saturated rings. The summed E-state index contributed by atoms with van der Waals surface area (Å²) in [7, 11) is 0. The van der Waals surface area contributed by atoms with Gasteiger partial charge >= 0.3 is 6.16 Å². The number of ether oxygens (including phenoxy) is 3. The first-order chi connectivity index (χ1) is 13.0. The number of phenols is 1. The van der Waals surface area contributed by atoms with Crippen LogP contribution in [0.5, 0.6) is 17.2 Å². The average molecular weight is 372 g/mol. The zero-order valence-corrected chi connectivity index (χ0v) is 15.2. The molecule has 2 N–H and O–H groups in total. The monoisotopic (exact) mass is 372 g/mol. The largest absolute Gasteiger partial charge is 0.514 e. The molecule has 2 aromatic heterocycles. The molecule has 0 aliphatic rings. The van der Waals surface area contributed by atoms with Crippen molar-refractivity contribution in [2.75, 3.05) is 18.5 Å². The molecule has 2 heterocycles. The van der Waals surface area contributed by atoms with E-state index in [0.29, 0.717) is 29.4 Å². The van der Waals surface area contributed by atoms with E-state index in [9.17, 15) is 9.90 Å². The van der Waals surface area contributed by atoms with E-state index in [1.807, 2.05) is 13.0 Å². The van der Waals surface area contributed by atoms with Gasteiger partial charge in [-0.25, -0.2) is 14.3 Å². The Kier molecular flexibility index (Phi) is 5.30. The molecule has 0 bridgehead atoms. The van der Waals surface area contributed by atoms with Gasteiger partial charge in [-0.3, -0.25) is 0 Å². The van der Waals surface area contributed by atoms with Crippen LogP contribution in [0.2, 0.25) is 0 Å². The summed E-state index contributed by atoms with van der Waals surface area (Å²) in [5.74, 6) is 1.07. The molecule has 0 aliphatic carbocycles. The van der Waals surface area contributed by atoms with Crippen LogP contribution in [-0.4, -0.2) is 39.1 Å². The van der Waals surface area contributed by atoms with Crippen molar-refractivity contribution in [1.82, 2.24) is 14.6 Å². The smallest absolute Gasteiger partial charge is 0.508 e. The van der Waals surface area contributed by atoms with Crippen LogP contribution >= 0.6 is 0 Å². The highest BCUT2D eigenvalue weighted by Gasteiger charge is 2.21. The number of aromatic nitrogens is 3. The number of fused-ring (bicyclic) bond motifs is 1. The van der Waals surface area contributed by atoms with Crippen molar-refractivity contribution in [3.8, 4) is 17.2 Å². The van der Waals surface area contributed by atoms with E-state index in [0.717, 1.165) is 5.56 Å². The van der Waals surface area contributed by atoms with Crippen molar-refractivity contribution in [1.29, 1.82) is 0 Å². The Labute approximate surface area is 155 Å². The van der Waals surface area contributed by atoms with Gasteiger partial charge in [0, 0.05) is 11.8 Å². The molecule has 9 heteroatoms. The van der Waals surface area contributed by atoms with Crippen LogP contribution in [0.4, 0.5) is 16.3 Å². The summed E-state index contributed by atoms with van der Waals surface area (Å²) >= 11 is 0. The van der Waals surface area contributed by atoms with Crippen molar-refractivity contribution >= 4 is 23.2 Å². The number of anilines is 2. The van der Waals surface area contributed by atoms with Crippen molar-refractivity contribution in [2.24, 2.45) is 0 Å². The fourth-order valence-corrected chi connectivity index (χ4v) is 2.47. The minimum absolute atomic E-state index is 0.164. The number of hydrogen-bond acceptors (Lipinski definition) is 8. The molecule has 27 heavy (non-hydrogen) atoms. The molecule has 1 aromatic carbocycles. The maximum Gasteiger partial charge on any atom is 0.514 e. The Hall–Kier alpha value is -3.49. The molecule has 0 radical (unpaired) electrons. The Balaban J connectivity index is 2.03. The third kappa shape index (κ3) is 3.86. The molecule has 0 saturated heterocycles. The summed E-state index contributed by atoms with van der Waals surface area (Å²) in [6.07, 6.45) is 2.03. The summed E-state index contributed by atoms with van der Waals surface area (Å²) in [6, 6.07) is 5.19. The number of benzene rings is 1. The maximum absolute atomic E-state index is 11.7. The van der Waals surface area contributed by atoms with Crippen molar-refractivity contribution < 1.29 is 24.1 Å². The molecule has 0 atom stereocenters. The van der Waals surface area contributed by atoms with E-state index in [4.69, 9.17) is 14.2 Å². The van der Waals surface area contributed by atoms with Crippen LogP contribution in [0.15, 0.2) is 30.7 Å². The number of aryl methyl sites for hydroxylation is 1. The minimum atomic E-state index is -0.833. The SMILES string of the molecule is CCOC(=O)Oc1cn2ncnc(Nc3ccc(C)c(O)c3)c2c1OCC. The number of aromatic hydroxyl groups is 1. The molecular weight excluding hydrogens is 352 g/mol. The second kappa shape index (κ2) is 7.81. The Morgan fingerprint density at radius 2 is 2.11 bits per heavy atom. The fourth-order valence-electron chi connectivity index (χ4n) is 2.47. The first-order valence-corrected chi connectivity index (χ1v) is 8.43. The molecular formula is C18H20N4O5. The number of phenolic OH excluding ortho intramolecular Hbond substituents is 1. The highest BCUT2D eigenvalue weighted by Crippen LogP contribution is 2.38. The van der Waals surface area contributed by atoms with Crippen LogP contribution in [0.3, 0.4) is 0 Å². The predicted octanol–water partition coefficient (Wildman–Crippen LogP) is 3.42. The number of nitrogens with zero attached hydrogens (tertiary/aromatic N) is 3. The minimum Gasteiger partial charge on any atom is -0.508 e. The van der Waals surface area contributed by atoms with E-state index < -0.39 is 6.16 Å². The summed E-state index contributed by atoms with van der Waals surface area (Å²) in [5, 5.41) is 17.2. The third-order valence-corrected chi connectivity index (χ3v) is 3.71. The highest BCUT2D eigenvalue weighted by atomic mass is 16.7. The normalized spacial score (nSPS) is 10.6. The zero-order chi connectivity index (χ0) is 19.4.